The molecule has 1 saturated heterocycles. The molecule has 0 radical (unpaired) electrons. The first-order valence-electron chi connectivity index (χ1n) is 5.59. The fourth-order valence-corrected chi connectivity index (χ4v) is 3.43. The van der Waals surface area contributed by atoms with Gasteiger partial charge in [0.15, 0.2) is 0 Å². The minimum atomic E-state index is 0.577. The summed E-state index contributed by atoms with van der Waals surface area (Å²) in [4.78, 5) is 7.06. The molecular formula is C12H16Br2N2. The number of hydrogen-bond acceptors (Lipinski definition) is 2. The van der Waals surface area contributed by atoms with Crippen molar-refractivity contribution in [2.75, 3.05) is 16.8 Å². The van der Waals surface area contributed by atoms with Crippen LogP contribution in [0.25, 0.3) is 0 Å². The Morgan fingerprint density at radius 2 is 2.25 bits per heavy atom. The number of aromatic nitrogens is 1. The third-order valence-corrected chi connectivity index (χ3v) is 4.84. The van der Waals surface area contributed by atoms with Gasteiger partial charge in [-0.25, -0.2) is 4.98 Å². The Labute approximate surface area is 114 Å². The third kappa shape index (κ3) is 2.28. The van der Waals surface area contributed by atoms with Gasteiger partial charge in [-0.3, -0.25) is 0 Å². The average molecular weight is 348 g/mol. The predicted octanol–water partition coefficient (Wildman–Crippen LogP) is 3.76. The van der Waals surface area contributed by atoms with E-state index in [9.17, 15) is 0 Å². The van der Waals surface area contributed by atoms with Gasteiger partial charge < -0.3 is 4.90 Å². The average Bonchev–Trinajstić information content (AvgIpc) is 2.63. The molecule has 0 aliphatic carbocycles. The van der Waals surface area contributed by atoms with E-state index in [-0.39, 0.29) is 0 Å². The van der Waals surface area contributed by atoms with E-state index in [1.807, 2.05) is 6.92 Å². The van der Waals surface area contributed by atoms with Crippen LogP contribution in [0.4, 0.5) is 5.82 Å². The fourth-order valence-electron chi connectivity index (χ4n) is 2.22. The first kappa shape index (κ1) is 12.4. The van der Waals surface area contributed by atoms with Crippen molar-refractivity contribution in [1.82, 2.24) is 4.98 Å². The molecule has 2 atom stereocenters. The third-order valence-electron chi connectivity index (χ3n) is 3.34. The lowest BCUT2D eigenvalue weighted by molar-refractivity contribution is 0.553. The van der Waals surface area contributed by atoms with Crippen LogP contribution in [0.15, 0.2) is 16.6 Å². The SMILES string of the molecule is Cc1nc(N2CCC(C)C2CBr)ccc1Br. The number of halogens is 2. The molecule has 1 aliphatic rings. The summed E-state index contributed by atoms with van der Waals surface area (Å²) in [7, 11) is 0. The maximum atomic E-state index is 4.65. The Bertz CT molecular complexity index is 381. The Kier molecular flexibility index (Phi) is 3.90. The minimum Gasteiger partial charge on any atom is -0.353 e. The van der Waals surface area contributed by atoms with Gasteiger partial charge in [0, 0.05) is 22.4 Å². The normalized spacial score (nSPS) is 25.1. The van der Waals surface area contributed by atoms with E-state index in [4.69, 9.17) is 0 Å². The first-order valence-corrected chi connectivity index (χ1v) is 7.50. The molecule has 0 bridgehead atoms. The van der Waals surface area contributed by atoms with Gasteiger partial charge in [0.1, 0.15) is 5.82 Å². The van der Waals surface area contributed by atoms with E-state index >= 15 is 0 Å². The molecule has 88 valence electrons. The zero-order valence-corrected chi connectivity index (χ0v) is 12.8. The van der Waals surface area contributed by atoms with E-state index < -0.39 is 0 Å². The van der Waals surface area contributed by atoms with Crippen molar-refractivity contribution in [1.29, 1.82) is 0 Å². The summed E-state index contributed by atoms with van der Waals surface area (Å²) in [6.07, 6.45) is 1.26. The standard InChI is InChI=1S/C12H16Br2N2/c1-8-5-6-16(11(8)7-13)12-4-3-10(14)9(2)15-12/h3-4,8,11H,5-7H2,1-2H3. The van der Waals surface area contributed by atoms with Crippen molar-refractivity contribution < 1.29 is 0 Å². The van der Waals surface area contributed by atoms with E-state index in [2.05, 4.69) is 60.8 Å². The maximum Gasteiger partial charge on any atom is 0.129 e. The molecule has 4 heteroatoms. The summed E-state index contributed by atoms with van der Waals surface area (Å²) >= 11 is 7.10. The molecule has 1 aromatic rings. The first-order chi connectivity index (χ1) is 7.63. The quantitative estimate of drug-likeness (QED) is 0.757. The van der Waals surface area contributed by atoms with Crippen molar-refractivity contribution in [3.63, 3.8) is 0 Å². The van der Waals surface area contributed by atoms with Crippen LogP contribution in [0, 0.1) is 12.8 Å². The number of alkyl halides is 1. The summed E-state index contributed by atoms with van der Waals surface area (Å²) in [5, 5.41) is 1.02. The van der Waals surface area contributed by atoms with Crippen LogP contribution in [0.2, 0.25) is 0 Å². The van der Waals surface area contributed by atoms with Crippen LogP contribution in [0.5, 0.6) is 0 Å². The van der Waals surface area contributed by atoms with E-state index in [0.717, 1.165) is 33.8 Å². The lowest BCUT2D eigenvalue weighted by Crippen LogP contribution is -2.34. The molecule has 1 aliphatic heterocycles. The lowest BCUT2D eigenvalue weighted by Gasteiger charge is -2.26. The van der Waals surface area contributed by atoms with Crippen molar-refractivity contribution in [2.24, 2.45) is 5.92 Å². The zero-order chi connectivity index (χ0) is 11.7. The second kappa shape index (κ2) is 5.05. The van der Waals surface area contributed by atoms with Crippen molar-refractivity contribution >= 4 is 37.7 Å². The Balaban J connectivity index is 2.27. The van der Waals surface area contributed by atoms with Crippen molar-refractivity contribution in [2.45, 2.75) is 26.3 Å². The van der Waals surface area contributed by atoms with Gasteiger partial charge in [-0.2, -0.15) is 0 Å². The van der Waals surface area contributed by atoms with E-state index in [1.165, 1.54) is 6.42 Å². The number of hydrogen-bond donors (Lipinski definition) is 0. The van der Waals surface area contributed by atoms with Gasteiger partial charge in [-0.15, -0.1) is 0 Å². The van der Waals surface area contributed by atoms with Crippen LogP contribution < -0.4 is 4.90 Å². The van der Waals surface area contributed by atoms with Gasteiger partial charge in [0.05, 0.1) is 5.69 Å². The molecule has 0 amide bonds. The fraction of sp³-hybridized carbons (Fsp3) is 0.583. The summed E-state index contributed by atoms with van der Waals surface area (Å²) in [5.41, 5.74) is 1.06. The van der Waals surface area contributed by atoms with Crippen molar-refractivity contribution in [3.8, 4) is 0 Å². The number of pyridine rings is 1. The topological polar surface area (TPSA) is 16.1 Å². The molecule has 0 aromatic carbocycles. The second-order valence-electron chi connectivity index (χ2n) is 4.42. The highest BCUT2D eigenvalue weighted by atomic mass is 79.9. The molecule has 1 fully saturated rings. The molecular weight excluding hydrogens is 332 g/mol. The second-order valence-corrected chi connectivity index (χ2v) is 5.92. The van der Waals surface area contributed by atoms with Crippen LogP contribution in [0.1, 0.15) is 19.0 Å². The van der Waals surface area contributed by atoms with Crippen LogP contribution in [-0.2, 0) is 0 Å². The smallest absolute Gasteiger partial charge is 0.129 e. The molecule has 2 nitrogen and oxygen atoms in total. The van der Waals surface area contributed by atoms with Crippen LogP contribution in [0.3, 0.4) is 0 Å². The highest BCUT2D eigenvalue weighted by Gasteiger charge is 2.31. The maximum absolute atomic E-state index is 4.65. The Morgan fingerprint density at radius 3 is 2.88 bits per heavy atom. The molecule has 0 N–H and O–H groups in total. The lowest BCUT2D eigenvalue weighted by atomic mass is 10.1. The van der Waals surface area contributed by atoms with Gasteiger partial charge >= 0.3 is 0 Å². The van der Waals surface area contributed by atoms with Gasteiger partial charge in [0.25, 0.3) is 0 Å². The predicted molar refractivity (Wildman–Crippen MR) is 75.4 cm³/mol. The summed E-state index contributed by atoms with van der Waals surface area (Å²) in [6.45, 7) is 5.47. The number of nitrogens with zero attached hydrogens (tertiary/aromatic N) is 2. The van der Waals surface area contributed by atoms with E-state index in [0.29, 0.717) is 6.04 Å². The zero-order valence-electron chi connectivity index (χ0n) is 9.58. The highest BCUT2D eigenvalue weighted by molar-refractivity contribution is 9.10. The molecule has 0 spiro atoms. The molecule has 2 rings (SSSR count). The van der Waals surface area contributed by atoms with Crippen LogP contribution >= 0.6 is 31.9 Å². The number of aryl methyl sites for hydroxylation is 1. The summed E-state index contributed by atoms with van der Waals surface area (Å²) in [5.74, 6) is 1.85. The van der Waals surface area contributed by atoms with E-state index in [1.54, 1.807) is 0 Å². The number of anilines is 1. The molecule has 0 saturated carbocycles. The van der Waals surface area contributed by atoms with Gasteiger partial charge in [0.2, 0.25) is 0 Å². The Hall–Kier alpha value is -0.0900. The van der Waals surface area contributed by atoms with Crippen LogP contribution in [-0.4, -0.2) is 22.9 Å². The molecule has 16 heavy (non-hydrogen) atoms. The monoisotopic (exact) mass is 346 g/mol. The van der Waals surface area contributed by atoms with Crippen molar-refractivity contribution in [3.05, 3.63) is 22.3 Å². The minimum absolute atomic E-state index is 0.577. The highest BCUT2D eigenvalue weighted by Crippen LogP contribution is 2.30. The Morgan fingerprint density at radius 1 is 1.50 bits per heavy atom. The molecule has 1 aromatic heterocycles. The molecule has 2 unspecified atom stereocenters. The largest absolute Gasteiger partial charge is 0.353 e. The summed E-state index contributed by atoms with van der Waals surface area (Å²) in [6, 6.07) is 4.77. The number of rotatable bonds is 2. The van der Waals surface area contributed by atoms with Gasteiger partial charge in [-0.05, 0) is 47.3 Å². The summed E-state index contributed by atoms with van der Waals surface area (Å²) < 4.78 is 1.08. The molecule has 2 heterocycles. The van der Waals surface area contributed by atoms with Gasteiger partial charge in [-0.1, -0.05) is 22.9 Å².